The number of carbonyl (C=O) groups is 1. The molecule has 0 aliphatic heterocycles. The van der Waals surface area contributed by atoms with Crippen LogP contribution in [0.25, 0.3) is 0 Å². The minimum absolute atomic E-state index is 0.325. The molecule has 1 amide bonds. The molecule has 19 heavy (non-hydrogen) atoms. The van der Waals surface area contributed by atoms with Crippen molar-refractivity contribution in [1.82, 2.24) is 4.98 Å². The number of nitrogens with one attached hydrogen (secondary N) is 2. The van der Waals surface area contributed by atoms with Crippen LogP contribution in [0.2, 0.25) is 0 Å². The SMILES string of the molecule is CS(=O)(=O)Nc1cccc(NC(=O)c2cscn2)c1. The van der Waals surface area contributed by atoms with Gasteiger partial charge in [-0.3, -0.25) is 9.52 Å². The predicted molar refractivity (Wildman–Crippen MR) is 75.0 cm³/mol. The number of benzene rings is 1. The predicted octanol–water partition coefficient (Wildman–Crippen LogP) is 1.77. The molecule has 100 valence electrons. The molecule has 0 aliphatic rings. The summed E-state index contributed by atoms with van der Waals surface area (Å²) in [6.07, 6.45) is 1.06. The molecule has 0 aliphatic carbocycles. The number of sulfonamides is 1. The van der Waals surface area contributed by atoms with Crippen molar-refractivity contribution in [3.05, 3.63) is 40.8 Å². The molecule has 0 fully saturated rings. The molecule has 1 aromatic heterocycles. The van der Waals surface area contributed by atoms with Crippen LogP contribution in [0.5, 0.6) is 0 Å². The standard InChI is InChI=1S/C11H11N3O3S2/c1-19(16,17)14-9-4-2-3-8(5-9)13-11(15)10-6-18-7-12-10/h2-7,14H,1H3,(H,13,15). The lowest BCUT2D eigenvalue weighted by molar-refractivity contribution is 0.102. The van der Waals surface area contributed by atoms with Gasteiger partial charge >= 0.3 is 0 Å². The maximum Gasteiger partial charge on any atom is 0.275 e. The lowest BCUT2D eigenvalue weighted by Crippen LogP contribution is -2.13. The Kier molecular flexibility index (Phi) is 3.82. The van der Waals surface area contributed by atoms with E-state index in [1.54, 1.807) is 29.1 Å². The number of hydrogen-bond donors (Lipinski definition) is 2. The number of carbonyl (C=O) groups excluding carboxylic acids is 1. The number of anilines is 2. The van der Waals surface area contributed by atoms with Crippen molar-refractivity contribution in [3.63, 3.8) is 0 Å². The van der Waals surface area contributed by atoms with Crippen molar-refractivity contribution in [2.45, 2.75) is 0 Å². The number of amides is 1. The van der Waals surface area contributed by atoms with Crippen LogP contribution in [0.3, 0.4) is 0 Å². The molecule has 8 heteroatoms. The fraction of sp³-hybridized carbons (Fsp3) is 0.0909. The monoisotopic (exact) mass is 297 g/mol. The fourth-order valence-corrected chi connectivity index (χ4v) is 2.48. The molecule has 0 bridgehead atoms. The second kappa shape index (κ2) is 5.37. The summed E-state index contributed by atoms with van der Waals surface area (Å²) in [6, 6.07) is 6.44. The molecule has 2 aromatic rings. The van der Waals surface area contributed by atoms with E-state index in [0.29, 0.717) is 17.1 Å². The van der Waals surface area contributed by atoms with Crippen molar-refractivity contribution < 1.29 is 13.2 Å². The Morgan fingerprint density at radius 1 is 1.32 bits per heavy atom. The third-order valence-corrected chi connectivity index (χ3v) is 3.28. The van der Waals surface area contributed by atoms with E-state index in [1.165, 1.54) is 17.4 Å². The molecule has 2 rings (SSSR count). The summed E-state index contributed by atoms with van der Waals surface area (Å²) in [5.74, 6) is -0.335. The summed E-state index contributed by atoms with van der Waals surface area (Å²) in [4.78, 5) is 15.7. The topological polar surface area (TPSA) is 88.2 Å². The van der Waals surface area contributed by atoms with Crippen LogP contribution in [0.15, 0.2) is 35.2 Å². The van der Waals surface area contributed by atoms with Crippen molar-refractivity contribution in [1.29, 1.82) is 0 Å². The van der Waals surface area contributed by atoms with E-state index in [2.05, 4.69) is 15.0 Å². The first-order valence-corrected chi connectivity index (χ1v) is 8.05. The quantitative estimate of drug-likeness (QED) is 0.900. The van der Waals surface area contributed by atoms with Gasteiger partial charge in [-0.05, 0) is 18.2 Å². The zero-order valence-corrected chi connectivity index (χ0v) is 11.6. The van der Waals surface area contributed by atoms with E-state index in [1.807, 2.05) is 0 Å². The second-order valence-electron chi connectivity index (χ2n) is 3.78. The molecule has 0 radical (unpaired) electrons. The van der Waals surface area contributed by atoms with Gasteiger partial charge in [0.1, 0.15) is 5.69 Å². The zero-order valence-electron chi connectivity index (χ0n) is 9.95. The molecule has 0 saturated heterocycles. The average Bonchev–Trinajstić information content (AvgIpc) is 2.80. The van der Waals surface area contributed by atoms with Gasteiger partial charge < -0.3 is 5.32 Å². The lowest BCUT2D eigenvalue weighted by atomic mass is 10.3. The summed E-state index contributed by atoms with van der Waals surface area (Å²) in [5, 5.41) is 4.27. The number of aromatic nitrogens is 1. The van der Waals surface area contributed by atoms with Crippen LogP contribution in [0, 0.1) is 0 Å². The van der Waals surface area contributed by atoms with Gasteiger partial charge in [0.05, 0.1) is 17.5 Å². The first-order chi connectivity index (χ1) is 8.94. The van der Waals surface area contributed by atoms with Crippen molar-refractivity contribution >= 4 is 38.6 Å². The normalized spacial score (nSPS) is 11.0. The summed E-state index contributed by atoms with van der Waals surface area (Å²) >= 11 is 1.33. The van der Waals surface area contributed by atoms with E-state index in [-0.39, 0.29) is 5.91 Å². The molecule has 2 N–H and O–H groups in total. The van der Waals surface area contributed by atoms with Crippen LogP contribution in [-0.2, 0) is 10.0 Å². The van der Waals surface area contributed by atoms with Gasteiger partial charge in [0.25, 0.3) is 5.91 Å². The average molecular weight is 297 g/mol. The molecule has 1 aromatic carbocycles. The molecule has 0 saturated carbocycles. The Balaban J connectivity index is 2.13. The zero-order chi connectivity index (χ0) is 13.9. The minimum Gasteiger partial charge on any atom is -0.321 e. The van der Waals surface area contributed by atoms with E-state index in [0.717, 1.165) is 6.26 Å². The summed E-state index contributed by atoms with van der Waals surface area (Å²) in [7, 11) is -3.34. The third kappa shape index (κ3) is 4.04. The highest BCUT2D eigenvalue weighted by Crippen LogP contribution is 2.17. The highest BCUT2D eigenvalue weighted by atomic mass is 32.2. The number of thiazole rings is 1. The number of rotatable bonds is 4. The van der Waals surface area contributed by atoms with Crippen molar-refractivity contribution in [3.8, 4) is 0 Å². The van der Waals surface area contributed by atoms with Crippen LogP contribution >= 0.6 is 11.3 Å². The summed E-state index contributed by atoms with van der Waals surface area (Å²) in [6.45, 7) is 0. The smallest absolute Gasteiger partial charge is 0.275 e. The Morgan fingerprint density at radius 2 is 2.05 bits per heavy atom. The first kappa shape index (κ1) is 13.5. The van der Waals surface area contributed by atoms with Crippen LogP contribution in [-0.4, -0.2) is 25.6 Å². The van der Waals surface area contributed by atoms with Crippen molar-refractivity contribution in [2.24, 2.45) is 0 Å². The van der Waals surface area contributed by atoms with Gasteiger partial charge in [0.2, 0.25) is 10.0 Å². The lowest BCUT2D eigenvalue weighted by Gasteiger charge is -2.07. The molecule has 0 spiro atoms. The molecular formula is C11H11N3O3S2. The maximum absolute atomic E-state index is 11.8. The van der Waals surface area contributed by atoms with E-state index in [9.17, 15) is 13.2 Å². The third-order valence-electron chi connectivity index (χ3n) is 2.09. The van der Waals surface area contributed by atoms with Crippen molar-refractivity contribution in [2.75, 3.05) is 16.3 Å². The fourth-order valence-electron chi connectivity index (χ4n) is 1.39. The molecular weight excluding hydrogens is 286 g/mol. The molecule has 1 heterocycles. The maximum atomic E-state index is 11.8. The molecule has 6 nitrogen and oxygen atoms in total. The Hall–Kier alpha value is -1.93. The highest BCUT2D eigenvalue weighted by molar-refractivity contribution is 7.92. The molecule has 0 atom stereocenters. The molecule has 0 unspecified atom stereocenters. The van der Waals surface area contributed by atoms with E-state index < -0.39 is 10.0 Å². The Labute approximate surface area is 114 Å². The van der Waals surface area contributed by atoms with Gasteiger partial charge in [-0.2, -0.15) is 0 Å². The Bertz CT molecular complexity index is 681. The van der Waals surface area contributed by atoms with Gasteiger partial charge in [-0.15, -0.1) is 11.3 Å². The first-order valence-electron chi connectivity index (χ1n) is 5.21. The largest absolute Gasteiger partial charge is 0.321 e. The summed E-state index contributed by atoms with van der Waals surface area (Å²) < 4.78 is 24.6. The minimum atomic E-state index is -3.34. The van der Waals surface area contributed by atoms with Gasteiger partial charge in [0, 0.05) is 11.1 Å². The van der Waals surface area contributed by atoms with Gasteiger partial charge in [-0.25, -0.2) is 13.4 Å². The Morgan fingerprint density at radius 3 is 2.68 bits per heavy atom. The highest BCUT2D eigenvalue weighted by Gasteiger charge is 2.08. The van der Waals surface area contributed by atoms with E-state index >= 15 is 0 Å². The van der Waals surface area contributed by atoms with E-state index in [4.69, 9.17) is 0 Å². The number of hydrogen-bond acceptors (Lipinski definition) is 5. The van der Waals surface area contributed by atoms with Gasteiger partial charge in [0.15, 0.2) is 0 Å². The van der Waals surface area contributed by atoms with Crippen LogP contribution in [0.1, 0.15) is 10.5 Å². The van der Waals surface area contributed by atoms with Gasteiger partial charge in [-0.1, -0.05) is 6.07 Å². The second-order valence-corrected chi connectivity index (χ2v) is 6.25. The van der Waals surface area contributed by atoms with Crippen LogP contribution < -0.4 is 10.0 Å². The number of nitrogens with zero attached hydrogens (tertiary/aromatic N) is 1. The summed E-state index contributed by atoms with van der Waals surface area (Å²) in [5.41, 5.74) is 2.77. The van der Waals surface area contributed by atoms with Crippen LogP contribution in [0.4, 0.5) is 11.4 Å².